The number of carboxylic acids is 1. The van der Waals surface area contributed by atoms with Crippen molar-refractivity contribution in [2.45, 2.75) is 212 Å². The molecule has 69 heavy (non-hydrogen) atoms. The van der Waals surface area contributed by atoms with E-state index in [0.717, 1.165) is 77.0 Å². The number of carbonyl (C=O) groups excluding carboxylic acids is 3. The molecule has 3 N–H and O–H groups in total. The van der Waals surface area contributed by atoms with Crippen LogP contribution < -0.4 is 0 Å². The van der Waals surface area contributed by atoms with E-state index in [1.165, 1.54) is 25.7 Å². The molecule has 0 aromatic rings. The number of aliphatic hydroxyl groups excluding tert-OH is 2. The molecule has 0 aliphatic carbocycles. The number of allylic oxidation sites excluding steroid dienone is 18. The van der Waals surface area contributed by atoms with Crippen molar-refractivity contribution in [2.75, 3.05) is 13.2 Å². The predicted molar refractivity (Wildman–Crippen MR) is 275 cm³/mol. The number of aliphatic carboxylic acids is 1. The van der Waals surface area contributed by atoms with Crippen molar-refractivity contribution in [3.63, 3.8) is 0 Å². The smallest absolute Gasteiger partial charge is 0.335 e. The highest BCUT2D eigenvalue weighted by Crippen LogP contribution is 2.26. The summed E-state index contributed by atoms with van der Waals surface area (Å²) in [6.45, 7) is 5.61. The van der Waals surface area contributed by atoms with Gasteiger partial charge in [-0.15, -0.1) is 0 Å². The van der Waals surface area contributed by atoms with Gasteiger partial charge >= 0.3 is 23.9 Å². The summed E-state index contributed by atoms with van der Waals surface area (Å²) in [7, 11) is 0. The summed E-state index contributed by atoms with van der Waals surface area (Å²) in [5.74, 6) is -3.33. The highest BCUT2D eigenvalue weighted by atomic mass is 16.7. The molecular weight excluding hydrogens is 877 g/mol. The van der Waals surface area contributed by atoms with Gasteiger partial charge in [0.05, 0.1) is 6.61 Å². The lowest BCUT2D eigenvalue weighted by Gasteiger charge is -2.40. The fraction of sp³-hybridized carbons (Fsp3) is 0.614. The first-order valence-corrected chi connectivity index (χ1v) is 25.9. The number of esters is 3. The molecule has 1 saturated heterocycles. The van der Waals surface area contributed by atoms with Gasteiger partial charge in [-0.2, -0.15) is 0 Å². The molecule has 388 valence electrons. The van der Waals surface area contributed by atoms with E-state index in [4.69, 9.17) is 23.7 Å². The maximum absolute atomic E-state index is 13.0. The molecule has 0 aromatic heterocycles. The molecule has 0 spiro atoms. The lowest BCUT2D eigenvalue weighted by molar-refractivity contribution is -0.301. The topological polar surface area (TPSA) is 175 Å². The average Bonchev–Trinajstić information content (AvgIpc) is 3.33. The van der Waals surface area contributed by atoms with E-state index >= 15 is 0 Å². The quantitative estimate of drug-likeness (QED) is 0.0229. The first-order chi connectivity index (χ1) is 33.6. The summed E-state index contributed by atoms with van der Waals surface area (Å²) in [5.41, 5.74) is 0. The second-order valence-electron chi connectivity index (χ2n) is 17.0. The van der Waals surface area contributed by atoms with Crippen molar-refractivity contribution in [2.24, 2.45) is 0 Å². The monoisotopic (exact) mass is 965 g/mol. The Balaban J connectivity index is 2.79. The Morgan fingerprint density at radius 2 is 0.942 bits per heavy atom. The molecule has 0 bridgehead atoms. The largest absolute Gasteiger partial charge is 0.479 e. The van der Waals surface area contributed by atoms with Gasteiger partial charge in [-0.25, -0.2) is 4.79 Å². The van der Waals surface area contributed by atoms with Crippen molar-refractivity contribution in [1.82, 2.24) is 0 Å². The van der Waals surface area contributed by atoms with E-state index in [1.54, 1.807) is 0 Å². The van der Waals surface area contributed by atoms with Crippen LogP contribution in [-0.2, 0) is 42.9 Å². The number of rotatable bonds is 41. The van der Waals surface area contributed by atoms with Crippen LogP contribution in [0.4, 0.5) is 0 Å². The van der Waals surface area contributed by atoms with E-state index in [0.29, 0.717) is 32.1 Å². The van der Waals surface area contributed by atoms with Crippen LogP contribution in [0, 0.1) is 0 Å². The number of ether oxygens (including phenoxy) is 5. The summed E-state index contributed by atoms with van der Waals surface area (Å²) in [5, 5.41) is 31.3. The fourth-order valence-electron chi connectivity index (χ4n) is 6.94. The molecule has 1 heterocycles. The lowest BCUT2D eigenvalue weighted by Crippen LogP contribution is -2.61. The number of hydrogen-bond donors (Lipinski definition) is 3. The molecule has 6 unspecified atom stereocenters. The van der Waals surface area contributed by atoms with Gasteiger partial charge < -0.3 is 39.0 Å². The molecule has 0 radical (unpaired) electrons. The summed E-state index contributed by atoms with van der Waals surface area (Å²) in [6.07, 6.45) is 46.8. The fourth-order valence-corrected chi connectivity index (χ4v) is 6.94. The van der Waals surface area contributed by atoms with Crippen LogP contribution in [-0.4, -0.2) is 89.2 Å². The molecular formula is C57H88O12. The average molecular weight is 965 g/mol. The zero-order chi connectivity index (χ0) is 50.4. The van der Waals surface area contributed by atoms with E-state index in [2.05, 4.69) is 99.8 Å². The zero-order valence-electron chi connectivity index (χ0n) is 42.3. The summed E-state index contributed by atoms with van der Waals surface area (Å²) < 4.78 is 28.1. The van der Waals surface area contributed by atoms with Crippen LogP contribution in [0.25, 0.3) is 0 Å². The molecule has 1 aliphatic rings. The van der Waals surface area contributed by atoms with Gasteiger partial charge in [-0.3, -0.25) is 14.4 Å². The number of aliphatic hydroxyl groups is 2. The third-order valence-electron chi connectivity index (χ3n) is 10.9. The number of unbranched alkanes of at least 4 members (excludes halogenated alkanes) is 9. The minimum Gasteiger partial charge on any atom is -0.479 e. The van der Waals surface area contributed by atoms with Gasteiger partial charge in [0.15, 0.2) is 24.6 Å². The Bertz CT molecular complexity index is 1620. The second-order valence-corrected chi connectivity index (χ2v) is 17.0. The highest BCUT2D eigenvalue weighted by Gasteiger charge is 2.50. The maximum Gasteiger partial charge on any atom is 0.335 e. The number of carbonyl (C=O) groups is 4. The number of carboxylic acid groups (broad SMARTS) is 1. The summed E-state index contributed by atoms with van der Waals surface area (Å²) >= 11 is 0. The molecule has 12 nitrogen and oxygen atoms in total. The first kappa shape index (κ1) is 62.4. The molecule has 12 heteroatoms. The molecule has 0 saturated carbocycles. The molecule has 6 atom stereocenters. The second kappa shape index (κ2) is 44.6. The van der Waals surface area contributed by atoms with Crippen LogP contribution in [0.1, 0.15) is 175 Å². The van der Waals surface area contributed by atoms with Crippen molar-refractivity contribution in [3.8, 4) is 0 Å². The van der Waals surface area contributed by atoms with Crippen molar-refractivity contribution in [1.29, 1.82) is 0 Å². The zero-order valence-corrected chi connectivity index (χ0v) is 42.3. The number of hydrogen-bond acceptors (Lipinski definition) is 11. The van der Waals surface area contributed by atoms with Crippen LogP contribution in [0.2, 0.25) is 0 Å². The minimum atomic E-state index is -1.94. The lowest BCUT2D eigenvalue weighted by atomic mass is 9.98. The Morgan fingerprint density at radius 3 is 1.43 bits per heavy atom. The maximum atomic E-state index is 13.0. The van der Waals surface area contributed by atoms with Crippen molar-refractivity contribution >= 4 is 23.9 Å². The third kappa shape index (κ3) is 35.2. The molecule has 0 amide bonds. The Labute approximate surface area is 415 Å². The molecule has 0 aromatic carbocycles. The first-order valence-electron chi connectivity index (χ1n) is 25.9. The van der Waals surface area contributed by atoms with Gasteiger partial charge in [0.2, 0.25) is 0 Å². The highest BCUT2D eigenvalue weighted by molar-refractivity contribution is 5.74. The SMILES string of the molecule is CC/C=C\C/C=C\C/C=C\C/C=C\C/C=C\CCCC(=O)OCC(COC1OC(C(=O)O)C(O)C(O)C1OC(=O)CC/C=C\C/C=C\C/C=C\C/C=C\CC)OC(=O)CCCCCCCCCCC. The van der Waals surface area contributed by atoms with E-state index in [-0.39, 0.29) is 25.9 Å². The van der Waals surface area contributed by atoms with Crippen LogP contribution in [0.15, 0.2) is 109 Å². The normalized spacial score (nSPS) is 19.6. The Kier molecular flexibility index (Phi) is 40.3. The van der Waals surface area contributed by atoms with Gasteiger partial charge in [-0.1, -0.05) is 182 Å². The van der Waals surface area contributed by atoms with E-state index in [9.17, 15) is 34.5 Å². The van der Waals surface area contributed by atoms with Gasteiger partial charge in [0, 0.05) is 19.3 Å². The van der Waals surface area contributed by atoms with E-state index < -0.39 is 67.3 Å². The summed E-state index contributed by atoms with van der Waals surface area (Å²) in [6, 6.07) is 0. The van der Waals surface area contributed by atoms with Gasteiger partial charge in [0.25, 0.3) is 0 Å². The third-order valence-corrected chi connectivity index (χ3v) is 10.9. The van der Waals surface area contributed by atoms with Crippen molar-refractivity contribution < 1.29 is 58.2 Å². The van der Waals surface area contributed by atoms with Crippen LogP contribution >= 0.6 is 0 Å². The Morgan fingerprint density at radius 1 is 0.493 bits per heavy atom. The standard InChI is InChI=1S/C57H88O12/c1-4-7-10-13-16-19-21-23-24-25-26-28-29-32-34-37-40-43-49(58)65-46-48(67-50(59)44-41-38-35-31-18-15-12-9-6-3)47-66-57-55(53(62)52(61)54(69-57)56(63)64)68-51(60)45-42-39-36-33-30-27-22-20-17-14-11-8-5-2/h7-8,10-11,16-17,19-20,23-24,26-28,30,32,34,36,39,48,52-55,57,61-62H,4-6,9,12-15,18,21-22,25,29,31,33,35,37-38,40-47H2,1-3H3,(H,63,64)/b10-7-,11-8-,19-16-,20-17-,24-23-,28-26-,30-27-,34-32-,39-36-. The molecule has 1 fully saturated rings. The summed E-state index contributed by atoms with van der Waals surface area (Å²) in [4.78, 5) is 50.7. The van der Waals surface area contributed by atoms with Crippen LogP contribution in [0.3, 0.4) is 0 Å². The van der Waals surface area contributed by atoms with Gasteiger partial charge in [-0.05, 0) is 83.5 Å². The minimum absolute atomic E-state index is 0.0707. The molecule has 1 aliphatic heterocycles. The van der Waals surface area contributed by atoms with Gasteiger partial charge in [0.1, 0.15) is 18.8 Å². The predicted octanol–water partition coefficient (Wildman–Crippen LogP) is 12.3. The Hall–Kier alpha value is -4.62. The van der Waals surface area contributed by atoms with Crippen molar-refractivity contribution in [3.05, 3.63) is 109 Å². The van der Waals surface area contributed by atoms with Crippen LogP contribution in [0.5, 0.6) is 0 Å². The molecule has 1 rings (SSSR count). The van der Waals surface area contributed by atoms with E-state index in [1.807, 2.05) is 30.4 Å².